The van der Waals surface area contributed by atoms with Crippen LogP contribution in [0.5, 0.6) is 0 Å². The quantitative estimate of drug-likeness (QED) is 0.437. The predicted molar refractivity (Wildman–Crippen MR) is 101 cm³/mol. The molecule has 0 aliphatic heterocycles. The van der Waals surface area contributed by atoms with Gasteiger partial charge in [-0.25, -0.2) is 9.97 Å². The van der Waals surface area contributed by atoms with Crippen molar-refractivity contribution >= 4 is 23.0 Å². The van der Waals surface area contributed by atoms with Crippen molar-refractivity contribution in [1.82, 2.24) is 9.97 Å². The second kappa shape index (κ2) is 7.93. The minimum Gasteiger partial charge on any atom is -0.358 e. The summed E-state index contributed by atoms with van der Waals surface area (Å²) >= 11 is 0. The maximum Gasteiger partial charge on any atom is 0.354 e. The smallest absolute Gasteiger partial charge is 0.354 e. The van der Waals surface area contributed by atoms with Crippen LogP contribution in [0.1, 0.15) is 18.5 Å². The number of rotatable bonds is 7. The van der Waals surface area contributed by atoms with E-state index in [1.807, 2.05) is 67.6 Å². The lowest BCUT2D eigenvalue weighted by Crippen LogP contribution is -2.15. The molecular formula is C18H18N6O2. The Kier molecular flexibility index (Phi) is 5.23. The Morgan fingerprint density at radius 1 is 0.923 bits per heavy atom. The highest BCUT2D eigenvalue weighted by atomic mass is 16.6. The number of aromatic nitrogens is 2. The molecule has 0 spiro atoms. The Hall–Kier alpha value is -3.68. The van der Waals surface area contributed by atoms with Gasteiger partial charge in [-0.15, -0.1) is 0 Å². The molecule has 0 fully saturated rings. The molecule has 3 aromatic rings. The second-order valence-electron chi connectivity index (χ2n) is 5.57. The molecule has 1 heterocycles. The highest BCUT2D eigenvalue weighted by Crippen LogP contribution is 2.31. The normalized spacial score (nSPS) is 11.4. The zero-order valence-corrected chi connectivity index (χ0v) is 14.1. The van der Waals surface area contributed by atoms with E-state index in [9.17, 15) is 10.1 Å². The predicted octanol–water partition coefficient (Wildman–Crippen LogP) is 4.00. The molecule has 8 nitrogen and oxygen atoms in total. The molecule has 26 heavy (non-hydrogen) atoms. The van der Waals surface area contributed by atoms with Gasteiger partial charge in [0.25, 0.3) is 0 Å². The highest BCUT2D eigenvalue weighted by molar-refractivity contribution is 5.70. The van der Waals surface area contributed by atoms with Crippen molar-refractivity contribution < 1.29 is 4.92 Å². The second-order valence-corrected chi connectivity index (χ2v) is 5.57. The minimum absolute atomic E-state index is 0.0802. The van der Waals surface area contributed by atoms with Crippen LogP contribution in [0.25, 0.3) is 0 Å². The van der Waals surface area contributed by atoms with E-state index in [-0.39, 0.29) is 23.4 Å². The summed E-state index contributed by atoms with van der Waals surface area (Å²) in [5, 5.41) is 14.7. The van der Waals surface area contributed by atoms with E-state index in [1.54, 1.807) is 0 Å². The van der Waals surface area contributed by atoms with E-state index in [2.05, 4.69) is 26.1 Å². The fourth-order valence-electron chi connectivity index (χ4n) is 2.43. The Labute approximate surface area is 150 Å². The number of para-hydroxylation sites is 1. The summed E-state index contributed by atoms with van der Waals surface area (Å²) in [7, 11) is 0. The Morgan fingerprint density at radius 2 is 1.54 bits per heavy atom. The topological polar surface area (TPSA) is 105 Å². The molecule has 3 rings (SSSR count). The number of anilines is 3. The summed E-state index contributed by atoms with van der Waals surface area (Å²) in [6.07, 6.45) is 1.28. The zero-order chi connectivity index (χ0) is 18.4. The summed E-state index contributed by atoms with van der Waals surface area (Å²) < 4.78 is 0. The van der Waals surface area contributed by atoms with Gasteiger partial charge in [0.05, 0.1) is 16.7 Å². The van der Waals surface area contributed by atoms with Gasteiger partial charge in [0.1, 0.15) is 6.33 Å². The lowest BCUT2D eigenvalue weighted by atomic mass is 10.1. The SMILES string of the molecule is CC(Nc1ncnc(NNc2ccccc2)c1[N+](=O)[O-])c1ccccc1. The highest BCUT2D eigenvalue weighted by Gasteiger charge is 2.24. The van der Waals surface area contributed by atoms with Crippen molar-refractivity contribution in [2.24, 2.45) is 0 Å². The van der Waals surface area contributed by atoms with Crippen LogP contribution in [-0.2, 0) is 0 Å². The van der Waals surface area contributed by atoms with Gasteiger partial charge in [-0.1, -0.05) is 48.5 Å². The first-order valence-electron chi connectivity index (χ1n) is 8.03. The monoisotopic (exact) mass is 350 g/mol. The molecule has 0 bridgehead atoms. The van der Waals surface area contributed by atoms with Crippen LogP contribution in [0, 0.1) is 10.1 Å². The number of hydrogen-bond donors (Lipinski definition) is 3. The van der Waals surface area contributed by atoms with Crippen molar-refractivity contribution in [3.8, 4) is 0 Å². The zero-order valence-electron chi connectivity index (χ0n) is 14.1. The lowest BCUT2D eigenvalue weighted by molar-refractivity contribution is -0.383. The van der Waals surface area contributed by atoms with Crippen molar-refractivity contribution in [2.75, 3.05) is 16.2 Å². The largest absolute Gasteiger partial charge is 0.358 e. The first-order valence-corrected chi connectivity index (χ1v) is 8.03. The molecule has 0 saturated carbocycles. The molecule has 0 radical (unpaired) electrons. The van der Waals surface area contributed by atoms with Gasteiger partial charge < -0.3 is 5.32 Å². The molecule has 1 atom stereocenters. The van der Waals surface area contributed by atoms with Gasteiger partial charge in [0, 0.05) is 0 Å². The number of nitrogens with zero attached hydrogens (tertiary/aromatic N) is 3. The fraction of sp³-hybridized carbons (Fsp3) is 0.111. The minimum atomic E-state index is -0.505. The van der Waals surface area contributed by atoms with E-state index in [0.717, 1.165) is 11.3 Å². The molecule has 8 heteroatoms. The molecule has 0 amide bonds. The van der Waals surface area contributed by atoms with Crippen LogP contribution in [0.4, 0.5) is 23.0 Å². The van der Waals surface area contributed by atoms with E-state index in [4.69, 9.17) is 0 Å². The summed E-state index contributed by atoms with van der Waals surface area (Å²) in [5.41, 5.74) is 7.21. The molecule has 0 saturated heterocycles. The molecular weight excluding hydrogens is 332 g/mol. The van der Waals surface area contributed by atoms with Crippen LogP contribution in [0.15, 0.2) is 67.0 Å². The van der Waals surface area contributed by atoms with Gasteiger partial charge in [-0.3, -0.25) is 21.0 Å². The standard InChI is InChI=1S/C18H18N6O2/c1-13(14-8-4-2-5-9-14)21-17-16(24(25)26)18(20-12-19-17)23-22-15-10-6-3-7-11-15/h2-13,22H,1H3,(H2,19,20,21,23). The van der Waals surface area contributed by atoms with E-state index in [1.165, 1.54) is 6.33 Å². The van der Waals surface area contributed by atoms with Gasteiger partial charge in [0.2, 0.25) is 11.6 Å². The van der Waals surface area contributed by atoms with Crippen molar-refractivity contribution in [3.63, 3.8) is 0 Å². The molecule has 1 aromatic heterocycles. The number of nitrogens with one attached hydrogen (secondary N) is 3. The van der Waals surface area contributed by atoms with Gasteiger partial charge in [-0.2, -0.15) is 0 Å². The van der Waals surface area contributed by atoms with Crippen molar-refractivity contribution in [1.29, 1.82) is 0 Å². The molecule has 132 valence electrons. The molecule has 2 aromatic carbocycles. The van der Waals surface area contributed by atoms with Gasteiger partial charge in [0.15, 0.2) is 0 Å². The summed E-state index contributed by atoms with van der Waals surface area (Å²) in [6, 6.07) is 18.7. The fourth-order valence-corrected chi connectivity index (χ4v) is 2.43. The molecule has 0 aliphatic rings. The van der Waals surface area contributed by atoms with Crippen LogP contribution in [0.2, 0.25) is 0 Å². The first kappa shape index (κ1) is 17.2. The third-order valence-corrected chi connectivity index (χ3v) is 3.76. The van der Waals surface area contributed by atoms with E-state index >= 15 is 0 Å². The van der Waals surface area contributed by atoms with Crippen LogP contribution in [0.3, 0.4) is 0 Å². The number of benzene rings is 2. The van der Waals surface area contributed by atoms with Crippen LogP contribution in [-0.4, -0.2) is 14.9 Å². The first-order chi connectivity index (χ1) is 12.6. The summed E-state index contributed by atoms with van der Waals surface area (Å²) in [6.45, 7) is 1.91. The molecule has 3 N–H and O–H groups in total. The summed E-state index contributed by atoms with van der Waals surface area (Å²) in [4.78, 5) is 19.1. The summed E-state index contributed by atoms with van der Waals surface area (Å²) in [5.74, 6) is 0.232. The van der Waals surface area contributed by atoms with Gasteiger partial charge in [-0.05, 0) is 24.6 Å². The maximum atomic E-state index is 11.6. The number of hydrazine groups is 1. The lowest BCUT2D eigenvalue weighted by Gasteiger charge is -2.16. The number of hydrogen-bond acceptors (Lipinski definition) is 7. The van der Waals surface area contributed by atoms with Crippen molar-refractivity contribution in [3.05, 3.63) is 82.7 Å². The molecule has 0 aliphatic carbocycles. The van der Waals surface area contributed by atoms with Gasteiger partial charge >= 0.3 is 5.69 Å². The van der Waals surface area contributed by atoms with Crippen LogP contribution >= 0.6 is 0 Å². The van der Waals surface area contributed by atoms with Crippen molar-refractivity contribution in [2.45, 2.75) is 13.0 Å². The van der Waals surface area contributed by atoms with E-state index < -0.39 is 4.92 Å². The third kappa shape index (κ3) is 4.04. The average molecular weight is 350 g/mol. The Morgan fingerprint density at radius 3 is 2.19 bits per heavy atom. The Balaban J connectivity index is 1.83. The van der Waals surface area contributed by atoms with E-state index in [0.29, 0.717) is 0 Å². The molecule has 1 unspecified atom stereocenters. The average Bonchev–Trinajstić information content (AvgIpc) is 2.67. The Bertz CT molecular complexity index is 873. The maximum absolute atomic E-state index is 11.6. The third-order valence-electron chi connectivity index (χ3n) is 3.76. The number of nitro groups is 1. The van der Waals surface area contributed by atoms with Crippen LogP contribution < -0.4 is 16.2 Å².